The van der Waals surface area contributed by atoms with Gasteiger partial charge in [-0.3, -0.25) is 9.69 Å². The minimum absolute atomic E-state index is 0.0471. The van der Waals surface area contributed by atoms with Gasteiger partial charge in [0.15, 0.2) is 0 Å². The van der Waals surface area contributed by atoms with E-state index >= 15 is 0 Å². The van der Waals surface area contributed by atoms with Crippen LogP contribution in [0, 0.1) is 0 Å². The lowest BCUT2D eigenvalue weighted by Crippen LogP contribution is -2.44. The van der Waals surface area contributed by atoms with Crippen LogP contribution in [0.25, 0.3) is 0 Å². The van der Waals surface area contributed by atoms with Crippen LogP contribution in [0.15, 0.2) is 30.3 Å². The van der Waals surface area contributed by atoms with Crippen LogP contribution in [0.4, 0.5) is 10.5 Å². The van der Waals surface area contributed by atoms with E-state index in [1.165, 1.54) is 0 Å². The number of anilines is 1. The molecule has 1 aromatic carbocycles. The Morgan fingerprint density at radius 3 is 2.24 bits per heavy atom. The van der Waals surface area contributed by atoms with E-state index in [0.29, 0.717) is 0 Å². The molecule has 1 N–H and O–H groups in total. The van der Waals surface area contributed by atoms with Crippen molar-refractivity contribution in [1.82, 2.24) is 4.90 Å². The van der Waals surface area contributed by atoms with E-state index in [0.717, 1.165) is 44.5 Å². The molecule has 0 aliphatic carbocycles. The van der Waals surface area contributed by atoms with Gasteiger partial charge >= 0.3 is 12.0 Å². The van der Waals surface area contributed by atoms with E-state index in [4.69, 9.17) is 5.11 Å². The Kier molecular flexibility index (Phi) is 5.60. The zero-order chi connectivity index (χ0) is 15.1. The van der Waals surface area contributed by atoms with E-state index in [1.54, 1.807) is 4.90 Å². The fraction of sp³-hybridized carbons (Fsp3) is 0.500. The molecule has 1 saturated heterocycles. The summed E-state index contributed by atoms with van der Waals surface area (Å²) in [4.78, 5) is 27.0. The minimum Gasteiger partial charge on any atom is -0.481 e. The largest absolute Gasteiger partial charge is 0.481 e. The lowest BCUT2D eigenvalue weighted by Gasteiger charge is -2.29. The number of urea groups is 1. The van der Waals surface area contributed by atoms with E-state index in [-0.39, 0.29) is 19.0 Å². The van der Waals surface area contributed by atoms with Crippen molar-refractivity contribution in [1.29, 1.82) is 0 Å². The molecule has 1 aliphatic rings. The van der Waals surface area contributed by atoms with Crippen molar-refractivity contribution in [2.24, 2.45) is 0 Å². The summed E-state index contributed by atoms with van der Waals surface area (Å²) < 4.78 is 0. The molecular formula is C16H22N2O3. The molecule has 0 atom stereocenters. The third kappa shape index (κ3) is 4.48. The van der Waals surface area contributed by atoms with Gasteiger partial charge in [-0.1, -0.05) is 31.0 Å². The molecule has 0 saturated carbocycles. The topological polar surface area (TPSA) is 60.9 Å². The highest BCUT2D eigenvalue weighted by Gasteiger charge is 2.23. The van der Waals surface area contributed by atoms with Gasteiger partial charge in [0.05, 0.1) is 6.42 Å². The first-order valence-electron chi connectivity index (χ1n) is 7.52. The highest BCUT2D eigenvalue weighted by molar-refractivity contribution is 5.92. The molecule has 2 amide bonds. The maximum Gasteiger partial charge on any atom is 0.324 e. The Balaban J connectivity index is 2.13. The van der Waals surface area contributed by atoms with Crippen molar-refractivity contribution in [3.63, 3.8) is 0 Å². The standard InChI is InChI=1S/C16H22N2O3/c19-15(20)10-13-18(14-8-4-3-5-9-14)16(21)17-11-6-1-2-7-12-17/h3-5,8-9H,1-2,6-7,10-13H2,(H,19,20). The lowest BCUT2D eigenvalue weighted by molar-refractivity contribution is -0.136. The predicted octanol–water partition coefficient (Wildman–Crippen LogP) is 2.96. The quantitative estimate of drug-likeness (QED) is 0.927. The third-order valence-corrected chi connectivity index (χ3v) is 3.72. The first-order chi connectivity index (χ1) is 10.2. The summed E-state index contributed by atoms with van der Waals surface area (Å²) in [6.07, 6.45) is 4.31. The van der Waals surface area contributed by atoms with E-state index in [1.807, 2.05) is 35.2 Å². The van der Waals surface area contributed by atoms with Crippen LogP contribution in [-0.4, -0.2) is 41.6 Å². The van der Waals surface area contributed by atoms with Crippen LogP contribution in [-0.2, 0) is 4.79 Å². The molecule has 0 unspecified atom stereocenters. The number of hydrogen-bond acceptors (Lipinski definition) is 2. The van der Waals surface area contributed by atoms with Crippen molar-refractivity contribution in [3.8, 4) is 0 Å². The number of carboxylic acid groups (broad SMARTS) is 1. The molecule has 0 aromatic heterocycles. The van der Waals surface area contributed by atoms with Gasteiger partial charge in [-0.05, 0) is 25.0 Å². The number of likely N-dealkylation sites (tertiary alicyclic amines) is 1. The first-order valence-corrected chi connectivity index (χ1v) is 7.52. The van der Waals surface area contributed by atoms with Crippen LogP contribution >= 0.6 is 0 Å². The molecule has 21 heavy (non-hydrogen) atoms. The molecule has 5 heteroatoms. The number of carbonyl (C=O) groups is 2. The molecule has 114 valence electrons. The molecule has 1 aromatic rings. The van der Waals surface area contributed by atoms with E-state index < -0.39 is 5.97 Å². The number of amides is 2. The van der Waals surface area contributed by atoms with Gasteiger partial charge in [0.1, 0.15) is 0 Å². The number of rotatable bonds is 4. The summed E-state index contributed by atoms with van der Waals surface area (Å²) >= 11 is 0. The lowest BCUT2D eigenvalue weighted by atomic mass is 10.2. The maximum absolute atomic E-state index is 12.7. The zero-order valence-corrected chi connectivity index (χ0v) is 12.2. The average Bonchev–Trinajstić information content (AvgIpc) is 2.77. The highest BCUT2D eigenvalue weighted by Crippen LogP contribution is 2.18. The van der Waals surface area contributed by atoms with Crippen LogP contribution in [0.2, 0.25) is 0 Å². The number of nitrogens with zero attached hydrogens (tertiary/aromatic N) is 2. The Hall–Kier alpha value is -2.04. The van der Waals surface area contributed by atoms with Crippen molar-refractivity contribution in [3.05, 3.63) is 30.3 Å². The summed E-state index contributed by atoms with van der Waals surface area (Å²) in [7, 11) is 0. The SMILES string of the molecule is O=C(O)CCN(C(=O)N1CCCCCC1)c1ccccc1. The third-order valence-electron chi connectivity index (χ3n) is 3.72. The Labute approximate surface area is 125 Å². The summed E-state index contributed by atoms with van der Waals surface area (Å²) in [5.41, 5.74) is 0.757. The Bertz CT molecular complexity index is 468. The number of benzene rings is 1. The van der Waals surface area contributed by atoms with E-state index in [9.17, 15) is 9.59 Å². The fourth-order valence-electron chi connectivity index (χ4n) is 2.58. The second-order valence-corrected chi connectivity index (χ2v) is 5.31. The number of aliphatic carboxylic acids is 1. The van der Waals surface area contributed by atoms with Crippen LogP contribution in [0.3, 0.4) is 0 Å². The van der Waals surface area contributed by atoms with E-state index in [2.05, 4.69) is 0 Å². The second kappa shape index (κ2) is 7.67. The van der Waals surface area contributed by atoms with Crippen molar-refractivity contribution in [2.75, 3.05) is 24.5 Å². The minimum atomic E-state index is -0.889. The smallest absolute Gasteiger partial charge is 0.324 e. The molecule has 1 fully saturated rings. The maximum atomic E-state index is 12.7. The van der Waals surface area contributed by atoms with Gasteiger partial charge in [0, 0.05) is 25.3 Å². The molecule has 1 heterocycles. The molecule has 2 rings (SSSR count). The molecule has 5 nitrogen and oxygen atoms in total. The second-order valence-electron chi connectivity index (χ2n) is 5.31. The number of carboxylic acids is 1. The fourth-order valence-corrected chi connectivity index (χ4v) is 2.58. The Morgan fingerprint density at radius 2 is 1.67 bits per heavy atom. The summed E-state index contributed by atoms with van der Waals surface area (Å²) in [6, 6.07) is 9.21. The van der Waals surface area contributed by atoms with Crippen molar-refractivity contribution >= 4 is 17.7 Å². The average molecular weight is 290 g/mol. The summed E-state index contributed by atoms with van der Waals surface area (Å²) in [6.45, 7) is 1.72. The van der Waals surface area contributed by atoms with Gasteiger partial charge in [0.25, 0.3) is 0 Å². The molecular weight excluding hydrogens is 268 g/mol. The van der Waals surface area contributed by atoms with Gasteiger partial charge in [-0.2, -0.15) is 0 Å². The zero-order valence-electron chi connectivity index (χ0n) is 12.2. The molecule has 0 radical (unpaired) electrons. The molecule has 1 aliphatic heterocycles. The highest BCUT2D eigenvalue weighted by atomic mass is 16.4. The number of para-hydroxylation sites is 1. The van der Waals surface area contributed by atoms with Crippen LogP contribution in [0.5, 0.6) is 0 Å². The first kappa shape index (κ1) is 15.4. The normalized spacial score (nSPS) is 15.3. The van der Waals surface area contributed by atoms with Crippen LogP contribution in [0.1, 0.15) is 32.1 Å². The van der Waals surface area contributed by atoms with Crippen molar-refractivity contribution < 1.29 is 14.7 Å². The van der Waals surface area contributed by atoms with Gasteiger partial charge in [0.2, 0.25) is 0 Å². The van der Waals surface area contributed by atoms with Crippen molar-refractivity contribution in [2.45, 2.75) is 32.1 Å². The van der Waals surface area contributed by atoms with Gasteiger partial charge < -0.3 is 10.0 Å². The monoisotopic (exact) mass is 290 g/mol. The molecule has 0 spiro atoms. The van der Waals surface area contributed by atoms with Gasteiger partial charge in [-0.15, -0.1) is 0 Å². The predicted molar refractivity (Wildman–Crippen MR) is 81.5 cm³/mol. The number of carbonyl (C=O) groups excluding carboxylic acids is 1. The summed E-state index contributed by atoms with van der Waals surface area (Å²) in [5.74, 6) is -0.889. The van der Waals surface area contributed by atoms with Gasteiger partial charge in [-0.25, -0.2) is 4.79 Å². The summed E-state index contributed by atoms with van der Waals surface area (Å²) in [5, 5.41) is 8.89. The van der Waals surface area contributed by atoms with Crippen LogP contribution < -0.4 is 4.90 Å². The number of hydrogen-bond donors (Lipinski definition) is 1. The molecule has 0 bridgehead atoms. The Morgan fingerprint density at radius 1 is 1.05 bits per heavy atom.